The van der Waals surface area contributed by atoms with E-state index in [1.165, 1.54) is 51.4 Å². The van der Waals surface area contributed by atoms with E-state index >= 15 is 0 Å². The van der Waals surface area contributed by atoms with Gasteiger partial charge in [-0.25, -0.2) is 0 Å². The lowest BCUT2D eigenvalue weighted by Crippen LogP contribution is -2.52. The molecule has 8 atom stereocenters. The van der Waals surface area contributed by atoms with Crippen LogP contribution in [0.2, 0.25) is 0 Å². The molecular formula is C24H41N. The number of hydrogen-bond acceptors (Lipinski definition) is 1. The van der Waals surface area contributed by atoms with Crippen molar-refractivity contribution in [2.45, 2.75) is 85.1 Å². The van der Waals surface area contributed by atoms with Gasteiger partial charge in [-0.1, -0.05) is 32.4 Å². The Balaban J connectivity index is 1.61. The molecule has 0 aromatic carbocycles. The molecule has 4 rings (SSSR count). The highest BCUT2D eigenvalue weighted by molar-refractivity contribution is 5.24. The standard InChI is InChI=1S/C24H41N/c1-16-11-13-23(3)18(15-16)7-8-19-21-10-9-20(17(2)25(5)6)24(21,4)14-12-22(19)23/h15-17,19-22H,7-14H2,1-6H3/t16?,17-,19?,20?,21?,22?,23?,24?/m0/s1. The van der Waals surface area contributed by atoms with Crippen molar-refractivity contribution in [3.05, 3.63) is 11.6 Å². The number of fused-ring (bicyclic) bond motifs is 5. The van der Waals surface area contributed by atoms with E-state index < -0.39 is 0 Å². The van der Waals surface area contributed by atoms with Gasteiger partial charge in [0.05, 0.1) is 0 Å². The van der Waals surface area contributed by atoms with Crippen molar-refractivity contribution in [3.8, 4) is 0 Å². The normalized spacial score (nSPS) is 50.7. The summed E-state index contributed by atoms with van der Waals surface area (Å²) in [7, 11) is 4.57. The molecule has 3 saturated carbocycles. The van der Waals surface area contributed by atoms with Gasteiger partial charge in [-0.05, 0) is 113 Å². The monoisotopic (exact) mass is 343 g/mol. The smallest absolute Gasteiger partial charge is 0.00944 e. The number of rotatable bonds is 2. The molecule has 4 aliphatic rings. The Morgan fingerprint density at radius 1 is 1.00 bits per heavy atom. The predicted octanol–water partition coefficient (Wildman–Crippen LogP) is 6.15. The molecule has 25 heavy (non-hydrogen) atoms. The molecule has 0 N–H and O–H groups in total. The van der Waals surface area contributed by atoms with Gasteiger partial charge in [0.2, 0.25) is 0 Å². The van der Waals surface area contributed by atoms with Crippen LogP contribution in [-0.2, 0) is 0 Å². The summed E-state index contributed by atoms with van der Waals surface area (Å²) in [5.41, 5.74) is 3.00. The Bertz CT molecular complexity index is 548. The van der Waals surface area contributed by atoms with Crippen molar-refractivity contribution < 1.29 is 0 Å². The molecule has 0 saturated heterocycles. The maximum Gasteiger partial charge on any atom is 0.00944 e. The van der Waals surface area contributed by atoms with Gasteiger partial charge in [-0.15, -0.1) is 0 Å². The fourth-order valence-corrected chi connectivity index (χ4v) is 8.09. The first-order valence-electron chi connectivity index (χ1n) is 11.1. The van der Waals surface area contributed by atoms with Crippen LogP contribution in [0, 0.1) is 40.4 Å². The molecule has 4 aliphatic carbocycles. The van der Waals surface area contributed by atoms with E-state index in [0.29, 0.717) is 10.8 Å². The van der Waals surface area contributed by atoms with Crippen LogP contribution in [0.15, 0.2) is 11.6 Å². The second-order valence-electron chi connectivity index (χ2n) is 11.0. The van der Waals surface area contributed by atoms with Gasteiger partial charge >= 0.3 is 0 Å². The molecule has 0 heterocycles. The Morgan fingerprint density at radius 2 is 1.76 bits per heavy atom. The van der Waals surface area contributed by atoms with Crippen molar-refractivity contribution in [1.82, 2.24) is 4.90 Å². The minimum Gasteiger partial charge on any atom is -0.306 e. The first kappa shape index (κ1) is 18.1. The highest BCUT2D eigenvalue weighted by Crippen LogP contribution is 2.67. The third kappa shape index (κ3) is 2.59. The summed E-state index contributed by atoms with van der Waals surface area (Å²) in [5, 5.41) is 0. The van der Waals surface area contributed by atoms with Crippen LogP contribution in [0.5, 0.6) is 0 Å². The molecule has 3 fully saturated rings. The van der Waals surface area contributed by atoms with E-state index in [1.54, 1.807) is 0 Å². The topological polar surface area (TPSA) is 3.24 Å². The van der Waals surface area contributed by atoms with Crippen molar-refractivity contribution in [3.63, 3.8) is 0 Å². The lowest BCUT2D eigenvalue weighted by Gasteiger charge is -2.59. The second kappa shape index (κ2) is 6.11. The Morgan fingerprint density at radius 3 is 2.48 bits per heavy atom. The summed E-state index contributed by atoms with van der Waals surface area (Å²) in [6.45, 7) is 10.2. The first-order chi connectivity index (χ1) is 11.8. The Hall–Kier alpha value is -0.300. The average molecular weight is 344 g/mol. The third-order valence-electron chi connectivity index (χ3n) is 9.81. The van der Waals surface area contributed by atoms with Crippen LogP contribution in [0.4, 0.5) is 0 Å². The third-order valence-corrected chi connectivity index (χ3v) is 9.81. The molecule has 0 radical (unpaired) electrons. The molecule has 0 bridgehead atoms. The maximum absolute atomic E-state index is 2.68. The van der Waals surface area contributed by atoms with Crippen LogP contribution < -0.4 is 0 Å². The van der Waals surface area contributed by atoms with Crippen LogP contribution >= 0.6 is 0 Å². The van der Waals surface area contributed by atoms with Crippen molar-refractivity contribution in [1.29, 1.82) is 0 Å². The largest absolute Gasteiger partial charge is 0.306 e. The second-order valence-corrected chi connectivity index (χ2v) is 11.0. The Labute approximate surface area is 156 Å². The van der Waals surface area contributed by atoms with Crippen molar-refractivity contribution in [2.75, 3.05) is 14.1 Å². The van der Waals surface area contributed by atoms with E-state index in [-0.39, 0.29) is 0 Å². The molecule has 7 unspecified atom stereocenters. The number of nitrogens with zero attached hydrogens (tertiary/aromatic N) is 1. The van der Waals surface area contributed by atoms with Gasteiger partial charge in [-0.2, -0.15) is 0 Å². The zero-order valence-electron chi connectivity index (χ0n) is 17.6. The number of allylic oxidation sites excluding steroid dienone is 2. The molecule has 0 spiro atoms. The molecule has 0 aromatic rings. The fourth-order valence-electron chi connectivity index (χ4n) is 8.09. The van der Waals surface area contributed by atoms with E-state index in [9.17, 15) is 0 Å². The molecule has 1 heteroatoms. The van der Waals surface area contributed by atoms with Gasteiger partial charge in [0.15, 0.2) is 0 Å². The van der Waals surface area contributed by atoms with Gasteiger partial charge in [-0.3, -0.25) is 0 Å². The fraction of sp³-hybridized carbons (Fsp3) is 0.917. The van der Waals surface area contributed by atoms with Gasteiger partial charge in [0.25, 0.3) is 0 Å². The summed E-state index contributed by atoms with van der Waals surface area (Å²) < 4.78 is 0. The molecule has 0 aliphatic heterocycles. The maximum atomic E-state index is 2.68. The van der Waals surface area contributed by atoms with Crippen molar-refractivity contribution in [2.24, 2.45) is 40.4 Å². The molecule has 1 nitrogen and oxygen atoms in total. The lowest BCUT2D eigenvalue weighted by atomic mass is 9.46. The van der Waals surface area contributed by atoms with E-state index in [1.807, 2.05) is 5.57 Å². The van der Waals surface area contributed by atoms with Crippen LogP contribution in [0.25, 0.3) is 0 Å². The highest BCUT2D eigenvalue weighted by Gasteiger charge is 2.59. The Kier molecular flexibility index (Phi) is 4.42. The predicted molar refractivity (Wildman–Crippen MR) is 108 cm³/mol. The zero-order valence-corrected chi connectivity index (χ0v) is 17.6. The first-order valence-corrected chi connectivity index (χ1v) is 11.1. The molecule has 0 amide bonds. The van der Waals surface area contributed by atoms with Crippen LogP contribution in [-0.4, -0.2) is 25.0 Å². The zero-order chi connectivity index (χ0) is 18.0. The average Bonchev–Trinajstić information content (AvgIpc) is 2.92. The SMILES string of the molecule is CC1C=C2CCC3C(CCC4(C)C3CCC4[C@H](C)N(C)C)C2(C)CC1. The quantitative estimate of drug-likeness (QED) is 0.543. The summed E-state index contributed by atoms with van der Waals surface area (Å²) in [4.78, 5) is 2.48. The molecule has 142 valence electrons. The van der Waals surface area contributed by atoms with E-state index in [2.05, 4.69) is 52.8 Å². The minimum atomic E-state index is 0.544. The number of hydrogen-bond donors (Lipinski definition) is 0. The van der Waals surface area contributed by atoms with Gasteiger partial charge in [0.1, 0.15) is 0 Å². The van der Waals surface area contributed by atoms with Crippen LogP contribution in [0.3, 0.4) is 0 Å². The lowest BCUT2D eigenvalue weighted by molar-refractivity contribution is -0.0617. The highest BCUT2D eigenvalue weighted by atomic mass is 15.1. The van der Waals surface area contributed by atoms with Crippen molar-refractivity contribution >= 4 is 0 Å². The summed E-state index contributed by atoms with van der Waals surface area (Å²) in [6, 6.07) is 0.733. The summed E-state index contributed by atoms with van der Waals surface area (Å²) >= 11 is 0. The molecular weight excluding hydrogens is 302 g/mol. The van der Waals surface area contributed by atoms with Gasteiger partial charge < -0.3 is 4.90 Å². The van der Waals surface area contributed by atoms with E-state index in [4.69, 9.17) is 0 Å². The minimum absolute atomic E-state index is 0.544. The van der Waals surface area contributed by atoms with E-state index in [0.717, 1.165) is 35.6 Å². The summed E-state index contributed by atoms with van der Waals surface area (Å²) in [6.07, 6.45) is 14.4. The summed E-state index contributed by atoms with van der Waals surface area (Å²) in [5.74, 6) is 4.71. The van der Waals surface area contributed by atoms with Crippen LogP contribution in [0.1, 0.15) is 79.1 Å². The van der Waals surface area contributed by atoms with Gasteiger partial charge in [0, 0.05) is 6.04 Å². The molecule has 0 aromatic heterocycles.